The van der Waals surface area contributed by atoms with Gasteiger partial charge in [0.05, 0.1) is 5.69 Å². The Morgan fingerprint density at radius 3 is 2.58 bits per heavy atom. The molecule has 1 aromatic heterocycles. The molecule has 1 aliphatic heterocycles. The van der Waals surface area contributed by atoms with E-state index in [0.717, 1.165) is 27.3 Å². The Labute approximate surface area is 141 Å². The van der Waals surface area contributed by atoms with Crippen molar-refractivity contribution in [1.29, 1.82) is 0 Å². The summed E-state index contributed by atoms with van der Waals surface area (Å²) in [5, 5.41) is 4.84. The van der Waals surface area contributed by atoms with Crippen LogP contribution in [-0.2, 0) is 4.79 Å². The number of hydrogen-bond donors (Lipinski definition) is 1. The van der Waals surface area contributed by atoms with Crippen LogP contribution in [0.1, 0.15) is 22.8 Å². The number of carbonyl (C=O) groups is 1. The number of fused-ring (bicyclic) bond motifs is 1. The first-order chi connectivity index (χ1) is 11.6. The zero-order valence-corrected chi connectivity index (χ0v) is 13.4. The third-order valence-corrected chi connectivity index (χ3v) is 5.29. The summed E-state index contributed by atoms with van der Waals surface area (Å²) in [5.41, 5.74) is 3.18. The standard InChI is InChI=1S/C19H13F2NOS/c20-13-6-4-11(5-7-13)15-9-17(23)22-18-16(10-24-19(15)18)12-2-1-3-14(21)8-12/h1-8,10,15H,9H2,(H,22,23)/t15-/m1/s1. The van der Waals surface area contributed by atoms with Crippen LogP contribution < -0.4 is 5.32 Å². The second kappa shape index (κ2) is 5.83. The SMILES string of the molecule is O=C1C[C@H](c2ccc(F)cc2)c2scc(-c3cccc(F)c3)c2N1. The summed E-state index contributed by atoms with van der Waals surface area (Å²) in [5.74, 6) is -0.815. The van der Waals surface area contributed by atoms with E-state index in [4.69, 9.17) is 0 Å². The van der Waals surface area contributed by atoms with E-state index in [-0.39, 0.29) is 23.5 Å². The van der Waals surface area contributed by atoms with Crippen molar-refractivity contribution in [2.45, 2.75) is 12.3 Å². The van der Waals surface area contributed by atoms with Gasteiger partial charge in [-0.3, -0.25) is 4.79 Å². The summed E-state index contributed by atoms with van der Waals surface area (Å²) in [6, 6.07) is 12.5. The molecule has 0 saturated heterocycles. The summed E-state index contributed by atoms with van der Waals surface area (Å²) in [4.78, 5) is 13.2. The van der Waals surface area contributed by atoms with Crippen LogP contribution in [0, 0.1) is 11.6 Å². The predicted molar refractivity (Wildman–Crippen MR) is 91.2 cm³/mol. The van der Waals surface area contributed by atoms with Crippen LogP contribution in [0.2, 0.25) is 0 Å². The fourth-order valence-corrected chi connectivity index (χ4v) is 4.22. The van der Waals surface area contributed by atoms with E-state index in [1.165, 1.54) is 35.6 Å². The van der Waals surface area contributed by atoms with Gasteiger partial charge in [-0.1, -0.05) is 24.3 Å². The van der Waals surface area contributed by atoms with Gasteiger partial charge in [-0.15, -0.1) is 11.3 Å². The quantitative estimate of drug-likeness (QED) is 0.685. The minimum absolute atomic E-state index is 0.0899. The molecule has 1 amide bonds. The molecular weight excluding hydrogens is 328 g/mol. The Bertz CT molecular complexity index is 917. The molecule has 1 aliphatic rings. The molecule has 0 saturated carbocycles. The number of carbonyl (C=O) groups excluding carboxylic acids is 1. The molecule has 1 atom stereocenters. The van der Waals surface area contributed by atoms with Crippen molar-refractivity contribution in [3.63, 3.8) is 0 Å². The van der Waals surface area contributed by atoms with Crippen molar-refractivity contribution in [2.75, 3.05) is 5.32 Å². The van der Waals surface area contributed by atoms with E-state index in [9.17, 15) is 13.6 Å². The fraction of sp³-hybridized carbons (Fsp3) is 0.105. The average Bonchev–Trinajstić information content (AvgIpc) is 2.98. The second-order valence-corrected chi connectivity index (χ2v) is 6.67. The molecule has 0 bridgehead atoms. The van der Waals surface area contributed by atoms with E-state index >= 15 is 0 Å². The van der Waals surface area contributed by atoms with Crippen LogP contribution in [0.4, 0.5) is 14.5 Å². The van der Waals surface area contributed by atoms with Gasteiger partial charge in [0.25, 0.3) is 0 Å². The lowest BCUT2D eigenvalue weighted by atomic mass is 9.89. The van der Waals surface area contributed by atoms with Gasteiger partial charge in [0.1, 0.15) is 11.6 Å². The summed E-state index contributed by atoms with van der Waals surface area (Å²) >= 11 is 1.53. The van der Waals surface area contributed by atoms with Crippen LogP contribution in [0.15, 0.2) is 53.9 Å². The zero-order valence-electron chi connectivity index (χ0n) is 12.6. The first kappa shape index (κ1) is 15.0. The van der Waals surface area contributed by atoms with Gasteiger partial charge >= 0.3 is 0 Å². The van der Waals surface area contributed by atoms with E-state index in [2.05, 4.69) is 5.32 Å². The van der Waals surface area contributed by atoms with Gasteiger partial charge in [-0.05, 0) is 35.4 Å². The number of hydrogen-bond acceptors (Lipinski definition) is 2. The highest BCUT2D eigenvalue weighted by Crippen LogP contribution is 2.46. The Morgan fingerprint density at radius 1 is 1.04 bits per heavy atom. The molecular formula is C19H13F2NOS. The zero-order chi connectivity index (χ0) is 16.7. The Morgan fingerprint density at radius 2 is 1.83 bits per heavy atom. The average molecular weight is 341 g/mol. The van der Waals surface area contributed by atoms with Gasteiger partial charge in [-0.2, -0.15) is 0 Å². The Hall–Kier alpha value is -2.53. The van der Waals surface area contributed by atoms with Crippen LogP contribution >= 0.6 is 11.3 Å². The lowest BCUT2D eigenvalue weighted by Crippen LogP contribution is -2.22. The Kier molecular flexibility index (Phi) is 3.65. The summed E-state index contributed by atoms with van der Waals surface area (Å²) in [7, 11) is 0. The van der Waals surface area contributed by atoms with Crippen molar-refractivity contribution in [3.05, 3.63) is 76.0 Å². The lowest BCUT2D eigenvalue weighted by Gasteiger charge is -2.24. The van der Waals surface area contributed by atoms with Crippen molar-refractivity contribution in [2.24, 2.45) is 0 Å². The number of anilines is 1. The summed E-state index contributed by atoms with van der Waals surface area (Å²) in [6.07, 6.45) is 0.321. The first-order valence-electron chi connectivity index (χ1n) is 7.54. The minimum Gasteiger partial charge on any atom is -0.325 e. The number of thiophene rings is 1. The molecule has 24 heavy (non-hydrogen) atoms. The first-order valence-corrected chi connectivity index (χ1v) is 8.42. The van der Waals surface area contributed by atoms with Crippen LogP contribution in [0.3, 0.4) is 0 Å². The van der Waals surface area contributed by atoms with Crippen LogP contribution in [0.5, 0.6) is 0 Å². The molecule has 5 heteroatoms. The smallest absolute Gasteiger partial charge is 0.225 e. The van der Waals surface area contributed by atoms with Crippen molar-refractivity contribution in [3.8, 4) is 11.1 Å². The number of benzene rings is 2. The van der Waals surface area contributed by atoms with E-state index in [0.29, 0.717) is 6.42 Å². The molecule has 3 aromatic rings. The fourth-order valence-electron chi connectivity index (χ4n) is 3.06. The van der Waals surface area contributed by atoms with Gasteiger partial charge in [-0.25, -0.2) is 8.78 Å². The molecule has 120 valence electrons. The van der Waals surface area contributed by atoms with Crippen LogP contribution in [-0.4, -0.2) is 5.91 Å². The Balaban J connectivity index is 1.81. The molecule has 0 aliphatic carbocycles. The molecule has 0 fully saturated rings. The molecule has 4 rings (SSSR count). The topological polar surface area (TPSA) is 29.1 Å². The van der Waals surface area contributed by atoms with Crippen LogP contribution in [0.25, 0.3) is 11.1 Å². The normalized spacial score (nSPS) is 16.6. The lowest BCUT2D eigenvalue weighted by molar-refractivity contribution is -0.116. The van der Waals surface area contributed by atoms with Crippen molar-refractivity contribution < 1.29 is 13.6 Å². The minimum atomic E-state index is -0.315. The van der Waals surface area contributed by atoms with Gasteiger partial charge in [0.15, 0.2) is 0 Å². The molecule has 2 heterocycles. The number of halogens is 2. The monoisotopic (exact) mass is 341 g/mol. The number of nitrogens with one attached hydrogen (secondary N) is 1. The second-order valence-electron chi connectivity index (χ2n) is 5.76. The van der Waals surface area contributed by atoms with Crippen molar-refractivity contribution in [1.82, 2.24) is 0 Å². The third-order valence-electron chi connectivity index (χ3n) is 4.20. The maximum Gasteiger partial charge on any atom is 0.225 e. The highest BCUT2D eigenvalue weighted by Gasteiger charge is 2.30. The third kappa shape index (κ3) is 2.61. The van der Waals surface area contributed by atoms with E-state index in [1.54, 1.807) is 18.2 Å². The van der Waals surface area contributed by atoms with E-state index in [1.807, 2.05) is 11.4 Å². The number of amides is 1. The summed E-state index contributed by atoms with van der Waals surface area (Å²) < 4.78 is 26.7. The van der Waals surface area contributed by atoms with Crippen molar-refractivity contribution >= 4 is 22.9 Å². The largest absolute Gasteiger partial charge is 0.325 e. The molecule has 2 nitrogen and oxygen atoms in total. The highest BCUT2D eigenvalue weighted by molar-refractivity contribution is 7.11. The van der Waals surface area contributed by atoms with Gasteiger partial charge in [0.2, 0.25) is 5.91 Å². The van der Waals surface area contributed by atoms with E-state index < -0.39 is 0 Å². The van der Waals surface area contributed by atoms with Gasteiger partial charge in [0, 0.05) is 28.2 Å². The molecule has 1 N–H and O–H groups in total. The maximum atomic E-state index is 13.5. The highest BCUT2D eigenvalue weighted by atomic mass is 32.1. The number of rotatable bonds is 2. The van der Waals surface area contributed by atoms with Gasteiger partial charge < -0.3 is 5.32 Å². The molecule has 0 spiro atoms. The molecule has 0 radical (unpaired) electrons. The summed E-state index contributed by atoms with van der Waals surface area (Å²) in [6.45, 7) is 0. The maximum absolute atomic E-state index is 13.5. The molecule has 0 unspecified atom stereocenters. The molecule has 2 aromatic carbocycles. The predicted octanol–water partition coefficient (Wildman–Crippen LogP) is 5.17.